The number of aliphatic hydroxyl groups excluding tert-OH is 1. The van der Waals surface area contributed by atoms with Crippen LogP contribution in [0.1, 0.15) is 32.1 Å². The number of aliphatic hydroxyl groups is 1. The van der Waals surface area contributed by atoms with Crippen LogP contribution in [0.4, 0.5) is 0 Å². The van der Waals surface area contributed by atoms with Crippen LogP contribution in [0.15, 0.2) is 0 Å². The molecule has 1 heterocycles. The predicted molar refractivity (Wildman–Crippen MR) is 57.0 cm³/mol. The topological polar surface area (TPSA) is 49.5 Å². The predicted octanol–water partition coefficient (Wildman–Crippen LogP) is 0.570. The Balaban J connectivity index is 1.84. The normalized spacial score (nSPS) is 40.3. The third-order valence-electron chi connectivity index (χ3n) is 3.77. The van der Waals surface area contributed by atoms with Gasteiger partial charge >= 0.3 is 0 Å². The summed E-state index contributed by atoms with van der Waals surface area (Å²) in [7, 11) is 0. The quantitative estimate of drug-likeness (QED) is 0.682. The number of hydrogen-bond acceptors (Lipinski definition) is 3. The van der Waals surface area contributed by atoms with Crippen molar-refractivity contribution in [2.24, 2.45) is 11.7 Å². The fourth-order valence-electron chi connectivity index (χ4n) is 2.90. The molecule has 1 aliphatic carbocycles. The SMILES string of the molecule is NC1CCC(N2CCCC(CO)C2)C1. The molecule has 0 aromatic rings. The molecule has 0 amide bonds. The Morgan fingerprint density at radius 2 is 2.14 bits per heavy atom. The van der Waals surface area contributed by atoms with Crippen molar-refractivity contribution in [2.45, 2.75) is 44.2 Å². The summed E-state index contributed by atoms with van der Waals surface area (Å²) in [6.45, 7) is 2.66. The molecule has 3 heteroatoms. The summed E-state index contributed by atoms with van der Waals surface area (Å²) in [6, 6.07) is 1.13. The van der Waals surface area contributed by atoms with E-state index in [0.29, 0.717) is 24.6 Å². The minimum atomic E-state index is 0.356. The van der Waals surface area contributed by atoms with Crippen LogP contribution in [-0.2, 0) is 0 Å². The van der Waals surface area contributed by atoms with Gasteiger partial charge in [-0.1, -0.05) is 0 Å². The largest absolute Gasteiger partial charge is 0.396 e. The second-order valence-corrected chi connectivity index (χ2v) is 4.91. The van der Waals surface area contributed by atoms with E-state index >= 15 is 0 Å². The third-order valence-corrected chi connectivity index (χ3v) is 3.77. The van der Waals surface area contributed by atoms with Crippen molar-refractivity contribution in [3.05, 3.63) is 0 Å². The van der Waals surface area contributed by atoms with E-state index in [1.54, 1.807) is 0 Å². The van der Waals surface area contributed by atoms with Gasteiger partial charge in [0, 0.05) is 25.2 Å². The van der Waals surface area contributed by atoms with Crippen molar-refractivity contribution in [1.29, 1.82) is 0 Å². The number of nitrogens with two attached hydrogens (primary N) is 1. The van der Waals surface area contributed by atoms with Gasteiger partial charge in [0.15, 0.2) is 0 Å². The van der Waals surface area contributed by atoms with Crippen molar-refractivity contribution >= 4 is 0 Å². The molecule has 82 valence electrons. The number of piperidine rings is 1. The maximum absolute atomic E-state index is 9.15. The molecule has 0 spiro atoms. The first kappa shape index (κ1) is 10.4. The average molecular weight is 198 g/mol. The fourth-order valence-corrected chi connectivity index (χ4v) is 2.90. The third kappa shape index (κ3) is 2.27. The van der Waals surface area contributed by atoms with Gasteiger partial charge in [-0.15, -0.1) is 0 Å². The summed E-state index contributed by atoms with van der Waals surface area (Å²) in [4.78, 5) is 2.55. The first-order valence-corrected chi connectivity index (χ1v) is 5.90. The molecule has 2 aliphatic rings. The minimum absolute atomic E-state index is 0.356. The summed E-state index contributed by atoms with van der Waals surface area (Å²) >= 11 is 0. The number of nitrogens with zero attached hydrogens (tertiary/aromatic N) is 1. The van der Waals surface area contributed by atoms with E-state index in [-0.39, 0.29) is 0 Å². The van der Waals surface area contributed by atoms with Crippen molar-refractivity contribution in [2.75, 3.05) is 19.7 Å². The molecule has 14 heavy (non-hydrogen) atoms. The van der Waals surface area contributed by atoms with Crippen LogP contribution in [0.2, 0.25) is 0 Å². The average Bonchev–Trinajstić information content (AvgIpc) is 2.65. The lowest BCUT2D eigenvalue weighted by molar-refractivity contribution is 0.0892. The highest BCUT2D eigenvalue weighted by Gasteiger charge is 2.30. The molecule has 3 N–H and O–H groups in total. The van der Waals surface area contributed by atoms with E-state index in [9.17, 15) is 0 Å². The summed E-state index contributed by atoms with van der Waals surface area (Å²) in [5.74, 6) is 0.514. The Morgan fingerprint density at radius 3 is 2.79 bits per heavy atom. The van der Waals surface area contributed by atoms with Crippen LogP contribution in [0.5, 0.6) is 0 Å². The molecule has 2 rings (SSSR count). The number of hydrogen-bond donors (Lipinski definition) is 2. The van der Waals surface area contributed by atoms with Crippen LogP contribution < -0.4 is 5.73 Å². The second-order valence-electron chi connectivity index (χ2n) is 4.91. The van der Waals surface area contributed by atoms with Crippen LogP contribution in [0.25, 0.3) is 0 Å². The zero-order chi connectivity index (χ0) is 9.97. The lowest BCUT2D eigenvalue weighted by atomic mass is 9.97. The Labute approximate surface area is 86.3 Å². The van der Waals surface area contributed by atoms with E-state index < -0.39 is 0 Å². The Kier molecular flexibility index (Phi) is 3.42. The Hall–Kier alpha value is -0.120. The Morgan fingerprint density at radius 1 is 1.29 bits per heavy atom. The number of likely N-dealkylation sites (tertiary alicyclic amines) is 1. The van der Waals surface area contributed by atoms with Gasteiger partial charge in [0.25, 0.3) is 0 Å². The highest BCUT2D eigenvalue weighted by molar-refractivity contribution is 4.87. The molecule has 3 unspecified atom stereocenters. The van der Waals surface area contributed by atoms with Gasteiger partial charge in [-0.2, -0.15) is 0 Å². The molecule has 1 aliphatic heterocycles. The number of rotatable bonds is 2. The van der Waals surface area contributed by atoms with E-state index in [1.807, 2.05) is 0 Å². The molecular weight excluding hydrogens is 176 g/mol. The summed E-state index contributed by atoms with van der Waals surface area (Å²) in [6.07, 6.45) is 6.06. The molecule has 0 radical (unpaired) electrons. The lowest BCUT2D eigenvalue weighted by Gasteiger charge is -2.36. The van der Waals surface area contributed by atoms with Crippen molar-refractivity contribution in [3.8, 4) is 0 Å². The highest BCUT2D eigenvalue weighted by atomic mass is 16.3. The first-order chi connectivity index (χ1) is 6.79. The van der Waals surface area contributed by atoms with E-state index in [1.165, 1.54) is 32.2 Å². The molecule has 3 nitrogen and oxygen atoms in total. The van der Waals surface area contributed by atoms with Gasteiger partial charge in [-0.3, -0.25) is 4.90 Å². The molecule has 0 bridgehead atoms. The van der Waals surface area contributed by atoms with E-state index in [0.717, 1.165) is 13.0 Å². The smallest absolute Gasteiger partial charge is 0.0471 e. The fraction of sp³-hybridized carbons (Fsp3) is 1.00. The molecule has 1 saturated carbocycles. The lowest BCUT2D eigenvalue weighted by Crippen LogP contribution is -2.43. The van der Waals surface area contributed by atoms with Crippen LogP contribution in [0, 0.1) is 5.92 Å². The molecule has 3 atom stereocenters. The summed E-state index contributed by atoms with van der Waals surface area (Å²) in [5, 5.41) is 9.15. The van der Waals surface area contributed by atoms with Gasteiger partial charge in [0.1, 0.15) is 0 Å². The standard InChI is InChI=1S/C11H22N2O/c12-10-3-4-11(6-10)13-5-1-2-9(7-13)8-14/h9-11,14H,1-8,12H2. The van der Waals surface area contributed by atoms with Gasteiger partial charge in [0.05, 0.1) is 0 Å². The zero-order valence-electron chi connectivity index (χ0n) is 8.86. The van der Waals surface area contributed by atoms with Gasteiger partial charge in [-0.05, 0) is 44.6 Å². The second kappa shape index (κ2) is 4.60. The van der Waals surface area contributed by atoms with Crippen molar-refractivity contribution in [3.63, 3.8) is 0 Å². The minimum Gasteiger partial charge on any atom is -0.396 e. The first-order valence-electron chi connectivity index (χ1n) is 5.90. The van der Waals surface area contributed by atoms with E-state index in [2.05, 4.69) is 4.90 Å². The molecule has 0 aromatic carbocycles. The van der Waals surface area contributed by atoms with Gasteiger partial charge in [-0.25, -0.2) is 0 Å². The van der Waals surface area contributed by atoms with Gasteiger partial charge < -0.3 is 10.8 Å². The Bertz CT molecular complexity index is 186. The molecular formula is C11H22N2O. The van der Waals surface area contributed by atoms with Gasteiger partial charge in [0.2, 0.25) is 0 Å². The summed E-state index contributed by atoms with van der Waals surface area (Å²) in [5.41, 5.74) is 5.92. The van der Waals surface area contributed by atoms with Crippen molar-refractivity contribution < 1.29 is 5.11 Å². The van der Waals surface area contributed by atoms with Crippen LogP contribution in [-0.4, -0.2) is 41.8 Å². The monoisotopic (exact) mass is 198 g/mol. The maximum Gasteiger partial charge on any atom is 0.0471 e. The van der Waals surface area contributed by atoms with E-state index in [4.69, 9.17) is 10.8 Å². The highest BCUT2D eigenvalue weighted by Crippen LogP contribution is 2.27. The zero-order valence-corrected chi connectivity index (χ0v) is 8.86. The molecule has 2 fully saturated rings. The summed E-state index contributed by atoms with van der Waals surface area (Å²) < 4.78 is 0. The maximum atomic E-state index is 9.15. The van der Waals surface area contributed by atoms with Crippen molar-refractivity contribution in [1.82, 2.24) is 4.90 Å². The van der Waals surface area contributed by atoms with Crippen LogP contribution >= 0.6 is 0 Å². The van der Waals surface area contributed by atoms with Crippen LogP contribution in [0.3, 0.4) is 0 Å². The molecule has 0 aromatic heterocycles. The molecule has 1 saturated heterocycles.